The molecule has 5 heteroatoms. The lowest BCUT2D eigenvalue weighted by atomic mass is 10.1. The third kappa shape index (κ3) is 7.21. The van der Waals surface area contributed by atoms with Gasteiger partial charge in [-0.2, -0.15) is 0 Å². The maximum Gasteiger partial charge on any atom is 0.242 e. The monoisotopic (exact) mass is 426 g/mol. The zero-order valence-corrected chi connectivity index (χ0v) is 19.6. The molecule has 0 saturated carbocycles. The molecular formula is C25H34N2O2S. The second-order valence-corrected chi connectivity index (χ2v) is 8.91. The minimum Gasteiger partial charge on any atom is -0.352 e. The fraction of sp³-hybridized carbons (Fsp3) is 0.440. The Balaban J connectivity index is 2.09. The molecule has 0 fully saturated rings. The number of nitrogens with zero attached hydrogens (tertiary/aromatic N) is 1. The van der Waals surface area contributed by atoms with Crippen molar-refractivity contribution in [1.29, 1.82) is 0 Å². The summed E-state index contributed by atoms with van der Waals surface area (Å²) >= 11 is 1.59. The lowest BCUT2D eigenvalue weighted by Crippen LogP contribution is -2.50. The topological polar surface area (TPSA) is 49.4 Å². The van der Waals surface area contributed by atoms with Crippen LogP contribution in [0.2, 0.25) is 0 Å². The fourth-order valence-corrected chi connectivity index (χ4v) is 4.02. The Morgan fingerprint density at radius 1 is 1.07 bits per heavy atom. The zero-order valence-electron chi connectivity index (χ0n) is 18.8. The molecular weight excluding hydrogens is 392 g/mol. The van der Waals surface area contributed by atoms with Crippen molar-refractivity contribution >= 4 is 23.6 Å². The molecule has 0 radical (unpaired) electrons. The summed E-state index contributed by atoms with van der Waals surface area (Å²) in [6.45, 7) is 10.4. The molecule has 2 aromatic rings. The highest BCUT2D eigenvalue weighted by molar-refractivity contribution is 7.99. The van der Waals surface area contributed by atoms with Crippen molar-refractivity contribution in [2.75, 3.05) is 5.75 Å². The number of thioether (sulfide) groups is 1. The second kappa shape index (κ2) is 11.8. The summed E-state index contributed by atoms with van der Waals surface area (Å²) < 4.78 is 0. The number of amides is 2. The SMILES string of the molecule is CC[C@H](C)NC(=O)[C@@H](C)N(Cc1ccccc1C)C(=O)CSCc1cccc(C)c1. The molecule has 0 aromatic heterocycles. The zero-order chi connectivity index (χ0) is 22.1. The number of benzene rings is 2. The molecule has 0 spiro atoms. The summed E-state index contributed by atoms with van der Waals surface area (Å²) in [4.78, 5) is 27.6. The van der Waals surface area contributed by atoms with Gasteiger partial charge < -0.3 is 10.2 Å². The first kappa shape index (κ1) is 24.0. The van der Waals surface area contributed by atoms with Crippen LogP contribution in [0.1, 0.15) is 49.4 Å². The van der Waals surface area contributed by atoms with Crippen LogP contribution in [0.3, 0.4) is 0 Å². The average molecular weight is 427 g/mol. The lowest BCUT2D eigenvalue weighted by molar-refractivity contribution is -0.138. The Morgan fingerprint density at radius 2 is 1.80 bits per heavy atom. The normalized spacial score (nSPS) is 12.8. The van der Waals surface area contributed by atoms with E-state index < -0.39 is 6.04 Å². The van der Waals surface area contributed by atoms with Gasteiger partial charge in [-0.1, -0.05) is 61.0 Å². The highest BCUT2D eigenvalue weighted by Crippen LogP contribution is 2.18. The van der Waals surface area contributed by atoms with Crippen LogP contribution in [0, 0.1) is 13.8 Å². The van der Waals surface area contributed by atoms with E-state index in [1.807, 2.05) is 58.0 Å². The molecule has 2 atom stereocenters. The molecule has 0 aliphatic rings. The van der Waals surface area contributed by atoms with Crippen molar-refractivity contribution in [2.45, 2.75) is 65.4 Å². The number of nitrogens with one attached hydrogen (secondary N) is 1. The molecule has 30 heavy (non-hydrogen) atoms. The van der Waals surface area contributed by atoms with Gasteiger partial charge in [0.1, 0.15) is 6.04 Å². The summed E-state index contributed by atoms with van der Waals surface area (Å²) in [6, 6.07) is 15.9. The van der Waals surface area contributed by atoms with Gasteiger partial charge in [0.15, 0.2) is 0 Å². The van der Waals surface area contributed by atoms with Gasteiger partial charge in [0.2, 0.25) is 11.8 Å². The van der Waals surface area contributed by atoms with Crippen LogP contribution in [0.25, 0.3) is 0 Å². The molecule has 0 unspecified atom stereocenters. The van der Waals surface area contributed by atoms with Gasteiger partial charge >= 0.3 is 0 Å². The van der Waals surface area contributed by atoms with Crippen molar-refractivity contribution < 1.29 is 9.59 Å². The van der Waals surface area contributed by atoms with E-state index in [0.717, 1.165) is 23.3 Å². The minimum absolute atomic E-state index is 0.0114. The highest BCUT2D eigenvalue weighted by atomic mass is 32.2. The van der Waals surface area contributed by atoms with Gasteiger partial charge in [0.05, 0.1) is 5.75 Å². The van der Waals surface area contributed by atoms with Crippen LogP contribution < -0.4 is 5.32 Å². The maximum absolute atomic E-state index is 13.1. The standard InChI is InChI=1S/C25H34N2O2S/c1-6-20(4)26-25(29)21(5)27(15-23-13-8-7-11-19(23)3)24(28)17-30-16-22-12-9-10-18(2)14-22/h7-14,20-21H,6,15-17H2,1-5H3,(H,26,29)/t20-,21+/m0/s1. The van der Waals surface area contributed by atoms with Crippen LogP contribution in [0.15, 0.2) is 48.5 Å². The Kier molecular flexibility index (Phi) is 9.44. The molecule has 4 nitrogen and oxygen atoms in total. The van der Waals surface area contributed by atoms with E-state index in [2.05, 4.69) is 30.4 Å². The van der Waals surface area contributed by atoms with Crippen LogP contribution in [-0.4, -0.2) is 34.6 Å². The molecule has 0 aliphatic carbocycles. The molecule has 0 saturated heterocycles. The van der Waals surface area contributed by atoms with Crippen LogP contribution in [0.5, 0.6) is 0 Å². The fourth-order valence-electron chi connectivity index (χ4n) is 3.16. The van der Waals surface area contributed by atoms with E-state index in [0.29, 0.717) is 12.3 Å². The molecule has 1 N–H and O–H groups in total. The number of carbonyl (C=O) groups is 2. The van der Waals surface area contributed by atoms with E-state index >= 15 is 0 Å². The van der Waals surface area contributed by atoms with Crippen molar-refractivity contribution in [3.8, 4) is 0 Å². The predicted molar refractivity (Wildman–Crippen MR) is 126 cm³/mol. The Bertz CT molecular complexity index is 853. The van der Waals surface area contributed by atoms with Gasteiger partial charge in [-0.25, -0.2) is 0 Å². The van der Waals surface area contributed by atoms with Gasteiger partial charge in [-0.05, 0) is 50.8 Å². The van der Waals surface area contributed by atoms with Gasteiger partial charge in [-0.15, -0.1) is 11.8 Å². The third-order valence-electron chi connectivity index (χ3n) is 5.35. The number of aryl methyl sites for hydroxylation is 2. The van der Waals surface area contributed by atoms with E-state index in [4.69, 9.17) is 0 Å². The highest BCUT2D eigenvalue weighted by Gasteiger charge is 2.27. The van der Waals surface area contributed by atoms with Gasteiger partial charge in [0.25, 0.3) is 0 Å². The molecule has 2 amide bonds. The minimum atomic E-state index is -0.523. The van der Waals surface area contributed by atoms with Gasteiger partial charge in [0, 0.05) is 18.3 Å². The second-order valence-electron chi connectivity index (χ2n) is 7.92. The molecule has 2 rings (SSSR count). The smallest absolute Gasteiger partial charge is 0.242 e. The molecule has 0 heterocycles. The van der Waals surface area contributed by atoms with E-state index in [9.17, 15) is 9.59 Å². The summed E-state index contributed by atoms with van der Waals surface area (Å²) in [5.41, 5.74) is 4.62. The third-order valence-corrected chi connectivity index (χ3v) is 6.34. The summed E-state index contributed by atoms with van der Waals surface area (Å²) in [5.74, 6) is 1.01. The van der Waals surface area contributed by atoms with Crippen LogP contribution in [-0.2, 0) is 21.9 Å². The van der Waals surface area contributed by atoms with E-state index in [1.165, 1.54) is 11.1 Å². The van der Waals surface area contributed by atoms with Crippen molar-refractivity contribution in [3.05, 3.63) is 70.8 Å². The number of carbonyl (C=O) groups excluding carboxylic acids is 2. The molecule has 162 valence electrons. The largest absolute Gasteiger partial charge is 0.352 e. The Hall–Kier alpha value is -2.27. The number of rotatable bonds is 10. The average Bonchev–Trinajstić information content (AvgIpc) is 2.72. The lowest BCUT2D eigenvalue weighted by Gasteiger charge is -2.30. The molecule has 0 bridgehead atoms. The predicted octanol–water partition coefficient (Wildman–Crippen LogP) is 4.87. The summed E-state index contributed by atoms with van der Waals surface area (Å²) in [5, 5.41) is 3.01. The number of hydrogen-bond donors (Lipinski definition) is 1. The number of hydrogen-bond acceptors (Lipinski definition) is 3. The quantitative estimate of drug-likeness (QED) is 0.590. The Labute approximate surface area is 185 Å². The molecule has 0 aliphatic heterocycles. The molecule has 2 aromatic carbocycles. The van der Waals surface area contributed by atoms with Crippen LogP contribution >= 0.6 is 11.8 Å². The van der Waals surface area contributed by atoms with Crippen molar-refractivity contribution in [3.63, 3.8) is 0 Å². The van der Waals surface area contributed by atoms with Crippen LogP contribution in [0.4, 0.5) is 0 Å². The maximum atomic E-state index is 13.1. The van der Waals surface area contributed by atoms with Crippen molar-refractivity contribution in [1.82, 2.24) is 10.2 Å². The van der Waals surface area contributed by atoms with E-state index in [-0.39, 0.29) is 17.9 Å². The summed E-state index contributed by atoms with van der Waals surface area (Å²) in [7, 11) is 0. The first-order valence-corrected chi connectivity index (χ1v) is 11.7. The summed E-state index contributed by atoms with van der Waals surface area (Å²) in [6.07, 6.45) is 0.858. The van der Waals surface area contributed by atoms with E-state index in [1.54, 1.807) is 16.7 Å². The van der Waals surface area contributed by atoms with Gasteiger partial charge in [-0.3, -0.25) is 9.59 Å². The Morgan fingerprint density at radius 3 is 2.47 bits per heavy atom. The van der Waals surface area contributed by atoms with Crippen molar-refractivity contribution in [2.24, 2.45) is 0 Å². The first-order valence-electron chi connectivity index (χ1n) is 10.6. The first-order chi connectivity index (χ1) is 14.3.